The summed E-state index contributed by atoms with van der Waals surface area (Å²) in [5.74, 6) is -0.0410. The lowest BCUT2D eigenvalue weighted by Gasteiger charge is -2.13. The van der Waals surface area contributed by atoms with E-state index in [1.165, 1.54) is 0 Å². The van der Waals surface area contributed by atoms with E-state index >= 15 is 0 Å². The van der Waals surface area contributed by atoms with Gasteiger partial charge in [-0.15, -0.1) is 11.3 Å². The number of fused-ring (bicyclic) bond motifs is 1. The third-order valence-electron chi connectivity index (χ3n) is 4.28. The maximum atomic E-state index is 12.6. The van der Waals surface area contributed by atoms with Crippen LogP contribution in [0, 0.1) is 0 Å². The number of nitrogens with zero attached hydrogens (tertiary/aromatic N) is 1. The summed E-state index contributed by atoms with van der Waals surface area (Å²) in [4.78, 5) is 17.5. The molecule has 0 atom stereocenters. The number of H-pyrrole nitrogens is 1. The van der Waals surface area contributed by atoms with Gasteiger partial charge in [-0.05, 0) is 36.4 Å². The predicted molar refractivity (Wildman–Crippen MR) is 98.6 cm³/mol. The Labute approximate surface area is 149 Å². The van der Waals surface area contributed by atoms with Crippen molar-refractivity contribution in [1.82, 2.24) is 9.88 Å². The van der Waals surface area contributed by atoms with Crippen LogP contribution < -0.4 is 4.72 Å². The number of carbonyl (C=O) groups is 1. The van der Waals surface area contributed by atoms with Gasteiger partial charge < -0.3 is 9.88 Å². The number of benzene rings is 1. The van der Waals surface area contributed by atoms with Gasteiger partial charge >= 0.3 is 0 Å². The second-order valence-electron chi connectivity index (χ2n) is 5.99. The fourth-order valence-electron chi connectivity index (χ4n) is 3.06. The number of para-hydroxylation sites is 1. The highest BCUT2D eigenvalue weighted by atomic mass is 32.2. The second kappa shape index (κ2) is 6.20. The third-order valence-corrected chi connectivity index (χ3v) is 7.05. The van der Waals surface area contributed by atoms with Gasteiger partial charge in [0, 0.05) is 18.5 Å². The molecule has 1 aromatic carbocycles. The van der Waals surface area contributed by atoms with E-state index in [1.807, 2.05) is 11.0 Å². The van der Waals surface area contributed by atoms with E-state index in [-0.39, 0.29) is 10.1 Å². The third kappa shape index (κ3) is 3.03. The molecule has 2 aromatic heterocycles. The highest BCUT2D eigenvalue weighted by Gasteiger charge is 2.22. The van der Waals surface area contributed by atoms with Gasteiger partial charge in [-0.25, -0.2) is 8.42 Å². The molecule has 1 aliphatic rings. The van der Waals surface area contributed by atoms with Crippen LogP contribution in [0.3, 0.4) is 0 Å². The zero-order chi connectivity index (χ0) is 17.4. The molecule has 3 heterocycles. The van der Waals surface area contributed by atoms with Crippen LogP contribution in [0.5, 0.6) is 0 Å². The van der Waals surface area contributed by atoms with Gasteiger partial charge in [0.05, 0.1) is 11.2 Å². The number of carbonyl (C=O) groups excluding carboxylic acids is 1. The summed E-state index contributed by atoms with van der Waals surface area (Å²) in [7, 11) is -3.63. The van der Waals surface area contributed by atoms with E-state index in [4.69, 9.17) is 0 Å². The summed E-state index contributed by atoms with van der Waals surface area (Å²) < 4.78 is 27.8. The van der Waals surface area contributed by atoms with Crippen molar-refractivity contribution in [3.8, 4) is 0 Å². The Morgan fingerprint density at radius 1 is 1.16 bits per heavy atom. The number of anilines is 1. The molecule has 0 radical (unpaired) electrons. The molecule has 0 bridgehead atoms. The molecule has 1 fully saturated rings. The lowest BCUT2D eigenvalue weighted by molar-refractivity contribution is 0.0788. The first kappa shape index (κ1) is 16.2. The molecule has 25 heavy (non-hydrogen) atoms. The average Bonchev–Trinajstić information content (AvgIpc) is 3.33. The van der Waals surface area contributed by atoms with Gasteiger partial charge in [-0.2, -0.15) is 0 Å². The van der Waals surface area contributed by atoms with E-state index in [0.717, 1.165) is 42.7 Å². The second-order valence-corrected chi connectivity index (χ2v) is 8.85. The molecule has 4 rings (SSSR count). The maximum Gasteiger partial charge on any atom is 0.271 e. The fraction of sp³-hybridized carbons (Fsp3) is 0.235. The molecule has 0 aliphatic carbocycles. The van der Waals surface area contributed by atoms with E-state index < -0.39 is 10.0 Å². The van der Waals surface area contributed by atoms with Crippen LogP contribution in [0.15, 0.2) is 46.0 Å². The average molecular weight is 375 g/mol. The number of likely N-dealkylation sites (tertiary alicyclic amines) is 1. The number of aromatic nitrogens is 1. The molecule has 1 amide bonds. The summed E-state index contributed by atoms with van der Waals surface area (Å²) in [6, 6.07) is 10.3. The van der Waals surface area contributed by atoms with Crippen LogP contribution in [0.2, 0.25) is 0 Å². The van der Waals surface area contributed by atoms with Crippen molar-refractivity contribution < 1.29 is 13.2 Å². The van der Waals surface area contributed by atoms with Crippen LogP contribution in [-0.2, 0) is 10.0 Å². The number of hydrogen-bond donors (Lipinski definition) is 2. The monoisotopic (exact) mass is 375 g/mol. The van der Waals surface area contributed by atoms with E-state index in [1.54, 1.807) is 35.7 Å². The zero-order valence-corrected chi connectivity index (χ0v) is 15.0. The number of sulfonamides is 1. The number of rotatable bonds is 4. The Morgan fingerprint density at radius 2 is 1.96 bits per heavy atom. The minimum absolute atomic E-state index is 0.0410. The van der Waals surface area contributed by atoms with E-state index in [9.17, 15) is 13.2 Å². The topological polar surface area (TPSA) is 82.3 Å². The van der Waals surface area contributed by atoms with Crippen LogP contribution in [0.1, 0.15) is 23.3 Å². The van der Waals surface area contributed by atoms with Gasteiger partial charge in [-0.3, -0.25) is 9.52 Å². The van der Waals surface area contributed by atoms with Gasteiger partial charge in [0.15, 0.2) is 0 Å². The minimum Gasteiger partial charge on any atom is -0.349 e. The number of nitrogens with one attached hydrogen (secondary N) is 2. The molecule has 0 unspecified atom stereocenters. The Kier molecular flexibility index (Phi) is 4.01. The minimum atomic E-state index is -3.63. The molecule has 1 saturated heterocycles. The summed E-state index contributed by atoms with van der Waals surface area (Å²) in [6.45, 7) is 1.54. The molecule has 6 nitrogen and oxygen atoms in total. The predicted octanol–water partition coefficient (Wildman–Crippen LogP) is 3.27. The first-order chi connectivity index (χ1) is 12.0. The normalized spacial score (nSPS) is 15.0. The Morgan fingerprint density at radius 3 is 2.68 bits per heavy atom. The number of thiophene rings is 1. The van der Waals surface area contributed by atoms with Crippen molar-refractivity contribution in [3.05, 3.63) is 47.5 Å². The first-order valence-corrected chi connectivity index (χ1v) is 10.4. The maximum absolute atomic E-state index is 12.6. The van der Waals surface area contributed by atoms with Crippen molar-refractivity contribution in [1.29, 1.82) is 0 Å². The smallest absolute Gasteiger partial charge is 0.271 e. The van der Waals surface area contributed by atoms with Gasteiger partial charge in [0.2, 0.25) is 0 Å². The Bertz CT molecular complexity index is 1020. The van der Waals surface area contributed by atoms with E-state index in [2.05, 4.69) is 9.71 Å². The van der Waals surface area contributed by atoms with Crippen LogP contribution in [-0.4, -0.2) is 37.3 Å². The van der Waals surface area contributed by atoms with Crippen molar-refractivity contribution in [2.45, 2.75) is 17.1 Å². The summed E-state index contributed by atoms with van der Waals surface area (Å²) in [6.07, 6.45) is 2.05. The van der Waals surface area contributed by atoms with Crippen LogP contribution in [0.25, 0.3) is 10.9 Å². The number of amides is 1. The van der Waals surface area contributed by atoms with E-state index in [0.29, 0.717) is 16.9 Å². The lowest BCUT2D eigenvalue weighted by atomic mass is 10.2. The molecule has 0 spiro atoms. The molecule has 8 heteroatoms. The standard InChI is InChI=1S/C17H17N3O3S2/c21-17(20-8-1-2-9-20)14-11-12-5-3-6-13(16(12)18-14)19-25(22,23)15-7-4-10-24-15/h3-7,10-11,18-19H,1-2,8-9H2. The summed E-state index contributed by atoms with van der Waals surface area (Å²) in [5.41, 5.74) is 1.54. The highest BCUT2D eigenvalue weighted by molar-refractivity contribution is 7.94. The van der Waals surface area contributed by atoms with Crippen molar-refractivity contribution in [2.75, 3.05) is 17.8 Å². The quantitative estimate of drug-likeness (QED) is 0.734. The Hall–Kier alpha value is -2.32. The van der Waals surface area contributed by atoms with Crippen LogP contribution in [0.4, 0.5) is 5.69 Å². The molecule has 130 valence electrons. The molecule has 3 aromatic rings. The summed E-state index contributed by atoms with van der Waals surface area (Å²) >= 11 is 1.16. The first-order valence-electron chi connectivity index (χ1n) is 8.02. The SMILES string of the molecule is O=C(c1cc2cccc(NS(=O)(=O)c3cccs3)c2[nH]1)N1CCCC1. The van der Waals surface area contributed by atoms with Crippen molar-refractivity contribution in [2.24, 2.45) is 0 Å². The highest BCUT2D eigenvalue weighted by Crippen LogP contribution is 2.28. The van der Waals surface area contributed by atoms with Crippen LogP contribution >= 0.6 is 11.3 Å². The lowest BCUT2D eigenvalue weighted by Crippen LogP contribution is -2.27. The van der Waals surface area contributed by atoms with Crippen molar-refractivity contribution >= 4 is 43.9 Å². The van der Waals surface area contributed by atoms with Gasteiger partial charge in [0.1, 0.15) is 9.90 Å². The number of hydrogen-bond acceptors (Lipinski definition) is 4. The van der Waals surface area contributed by atoms with Gasteiger partial charge in [0.25, 0.3) is 15.9 Å². The number of aromatic amines is 1. The fourth-order valence-corrected chi connectivity index (χ4v) is 5.12. The largest absolute Gasteiger partial charge is 0.349 e. The molecule has 1 aliphatic heterocycles. The molecule has 0 saturated carbocycles. The molecule has 2 N–H and O–H groups in total. The zero-order valence-electron chi connectivity index (χ0n) is 13.4. The Balaban J connectivity index is 1.69. The summed E-state index contributed by atoms with van der Waals surface area (Å²) in [5, 5.41) is 2.52. The van der Waals surface area contributed by atoms with Crippen molar-refractivity contribution in [3.63, 3.8) is 0 Å². The van der Waals surface area contributed by atoms with Gasteiger partial charge in [-0.1, -0.05) is 18.2 Å². The molecular weight excluding hydrogens is 358 g/mol. The molecular formula is C17H17N3O3S2.